The van der Waals surface area contributed by atoms with E-state index in [0.29, 0.717) is 12.8 Å². The third kappa shape index (κ3) is 4.19. The number of hydrogen-bond donors (Lipinski definition) is 2. The molecule has 0 radical (unpaired) electrons. The quantitative estimate of drug-likeness (QED) is 0.731. The minimum atomic E-state index is -0.603. The highest BCUT2D eigenvalue weighted by Crippen LogP contribution is 2.25. The maximum atomic E-state index is 11.6. The van der Waals surface area contributed by atoms with Crippen LogP contribution in [0.2, 0.25) is 0 Å². The molecule has 0 aromatic heterocycles. The second kappa shape index (κ2) is 6.36. The minimum Gasteiger partial charge on any atom is -0.442 e. The standard InChI is InChI=1S/C13H21NO5/c1-8(2)14-13(16)19-10-4-3-9(15)5-11-12(6-10)18-7-17-11/h3-4,8-12,15H,5-7H2,1-2H3,(H,14,16)/b4-3+. The van der Waals surface area contributed by atoms with E-state index in [0.717, 1.165) is 0 Å². The topological polar surface area (TPSA) is 77.0 Å². The fourth-order valence-electron chi connectivity index (χ4n) is 2.24. The van der Waals surface area contributed by atoms with Crippen LogP contribution in [0, 0.1) is 0 Å². The van der Waals surface area contributed by atoms with Crippen molar-refractivity contribution < 1.29 is 24.1 Å². The molecule has 2 rings (SSSR count). The second-order valence-electron chi connectivity index (χ2n) is 5.19. The van der Waals surface area contributed by atoms with Crippen LogP contribution in [-0.2, 0) is 14.2 Å². The Balaban J connectivity index is 1.96. The van der Waals surface area contributed by atoms with E-state index in [1.807, 2.05) is 13.8 Å². The molecule has 2 aliphatic rings. The molecule has 108 valence electrons. The molecule has 1 amide bonds. The van der Waals surface area contributed by atoms with Crippen molar-refractivity contribution in [2.75, 3.05) is 6.79 Å². The van der Waals surface area contributed by atoms with Gasteiger partial charge in [0.2, 0.25) is 0 Å². The van der Waals surface area contributed by atoms with Crippen LogP contribution in [0.1, 0.15) is 26.7 Å². The predicted octanol–water partition coefficient (Wildman–Crippen LogP) is 0.942. The SMILES string of the molecule is CC(C)NC(=O)OC1/C=C/C(O)CC2OCOC2C1. The number of hydrogen-bond acceptors (Lipinski definition) is 5. The van der Waals surface area contributed by atoms with Gasteiger partial charge in [0, 0.05) is 18.9 Å². The van der Waals surface area contributed by atoms with Crippen LogP contribution < -0.4 is 5.32 Å². The van der Waals surface area contributed by atoms with E-state index >= 15 is 0 Å². The van der Waals surface area contributed by atoms with Crippen LogP contribution in [-0.4, -0.2) is 48.5 Å². The van der Waals surface area contributed by atoms with Gasteiger partial charge in [-0.15, -0.1) is 0 Å². The lowest BCUT2D eigenvalue weighted by Crippen LogP contribution is -2.37. The van der Waals surface area contributed by atoms with Gasteiger partial charge in [-0.3, -0.25) is 0 Å². The lowest BCUT2D eigenvalue weighted by Gasteiger charge is -2.25. The Kier molecular flexibility index (Phi) is 4.79. The highest BCUT2D eigenvalue weighted by molar-refractivity contribution is 5.67. The molecule has 4 unspecified atom stereocenters. The normalized spacial score (nSPS) is 36.2. The summed E-state index contributed by atoms with van der Waals surface area (Å²) >= 11 is 0. The van der Waals surface area contributed by atoms with E-state index in [1.54, 1.807) is 12.2 Å². The molecule has 19 heavy (non-hydrogen) atoms. The lowest BCUT2D eigenvalue weighted by molar-refractivity contribution is 0.0275. The van der Waals surface area contributed by atoms with Gasteiger partial charge in [-0.1, -0.05) is 6.08 Å². The Morgan fingerprint density at radius 3 is 2.68 bits per heavy atom. The molecule has 6 nitrogen and oxygen atoms in total. The van der Waals surface area contributed by atoms with Gasteiger partial charge in [0.15, 0.2) is 0 Å². The summed E-state index contributed by atoms with van der Waals surface area (Å²) in [7, 11) is 0. The molecule has 1 aliphatic carbocycles. The highest BCUT2D eigenvalue weighted by Gasteiger charge is 2.34. The van der Waals surface area contributed by atoms with Crippen LogP contribution >= 0.6 is 0 Å². The number of carbonyl (C=O) groups is 1. The summed E-state index contributed by atoms with van der Waals surface area (Å²) in [6.45, 7) is 3.96. The van der Waals surface area contributed by atoms with Crippen LogP contribution in [0.5, 0.6) is 0 Å². The Hall–Kier alpha value is -1.11. The monoisotopic (exact) mass is 271 g/mol. The molecule has 0 bridgehead atoms. The smallest absolute Gasteiger partial charge is 0.407 e. The molecule has 0 spiro atoms. The van der Waals surface area contributed by atoms with Crippen LogP contribution in [0.15, 0.2) is 12.2 Å². The number of fused-ring (bicyclic) bond motifs is 1. The first-order valence-electron chi connectivity index (χ1n) is 6.61. The van der Waals surface area contributed by atoms with Crippen LogP contribution in [0.4, 0.5) is 4.79 Å². The van der Waals surface area contributed by atoms with Crippen molar-refractivity contribution in [3.8, 4) is 0 Å². The maximum absolute atomic E-state index is 11.6. The van der Waals surface area contributed by atoms with Gasteiger partial charge < -0.3 is 24.6 Å². The molecular weight excluding hydrogens is 250 g/mol. The van der Waals surface area contributed by atoms with Crippen molar-refractivity contribution >= 4 is 6.09 Å². The molecule has 1 heterocycles. The zero-order chi connectivity index (χ0) is 13.8. The summed E-state index contributed by atoms with van der Waals surface area (Å²) < 4.78 is 16.2. The zero-order valence-electron chi connectivity index (χ0n) is 11.2. The summed E-state index contributed by atoms with van der Waals surface area (Å²) in [5.41, 5.74) is 0. The fraction of sp³-hybridized carbons (Fsp3) is 0.769. The number of aliphatic hydroxyl groups is 1. The van der Waals surface area contributed by atoms with Gasteiger partial charge in [-0.2, -0.15) is 0 Å². The minimum absolute atomic E-state index is 0.0226. The van der Waals surface area contributed by atoms with Gasteiger partial charge in [0.25, 0.3) is 0 Å². The molecule has 1 aliphatic heterocycles. The number of nitrogens with one attached hydrogen (secondary N) is 1. The second-order valence-corrected chi connectivity index (χ2v) is 5.19. The van der Waals surface area contributed by atoms with E-state index in [2.05, 4.69) is 5.32 Å². The van der Waals surface area contributed by atoms with Crippen molar-refractivity contribution in [2.24, 2.45) is 0 Å². The molecule has 0 aromatic carbocycles. The van der Waals surface area contributed by atoms with E-state index in [-0.39, 0.29) is 25.0 Å². The van der Waals surface area contributed by atoms with Crippen molar-refractivity contribution in [3.05, 3.63) is 12.2 Å². The summed E-state index contributed by atoms with van der Waals surface area (Å²) in [6, 6.07) is 0.0226. The van der Waals surface area contributed by atoms with Crippen molar-refractivity contribution in [1.82, 2.24) is 5.32 Å². The van der Waals surface area contributed by atoms with Crippen molar-refractivity contribution in [3.63, 3.8) is 0 Å². The first-order chi connectivity index (χ1) is 9.04. The maximum Gasteiger partial charge on any atom is 0.407 e. The van der Waals surface area contributed by atoms with Crippen LogP contribution in [0.3, 0.4) is 0 Å². The summed E-state index contributed by atoms with van der Waals surface area (Å²) in [6.07, 6.45) is 2.64. The van der Waals surface area contributed by atoms with Gasteiger partial charge in [0.05, 0.1) is 18.3 Å². The molecule has 0 saturated carbocycles. The highest BCUT2D eigenvalue weighted by atomic mass is 16.7. The molecule has 4 atom stereocenters. The largest absolute Gasteiger partial charge is 0.442 e. The zero-order valence-corrected chi connectivity index (χ0v) is 11.2. The Bertz CT molecular complexity index is 344. The molecule has 2 N–H and O–H groups in total. The van der Waals surface area contributed by atoms with Gasteiger partial charge in [-0.05, 0) is 19.9 Å². The van der Waals surface area contributed by atoms with E-state index in [1.165, 1.54) is 0 Å². The van der Waals surface area contributed by atoms with Crippen molar-refractivity contribution in [1.29, 1.82) is 0 Å². The number of carbonyl (C=O) groups excluding carboxylic acids is 1. The average Bonchev–Trinajstić information content (AvgIpc) is 2.69. The Labute approximate surface area is 112 Å². The molecule has 1 saturated heterocycles. The lowest BCUT2D eigenvalue weighted by atomic mass is 9.97. The first kappa shape index (κ1) is 14.3. The van der Waals surface area contributed by atoms with Gasteiger partial charge in [0.1, 0.15) is 12.9 Å². The Morgan fingerprint density at radius 1 is 1.32 bits per heavy atom. The van der Waals surface area contributed by atoms with E-state index in [9.17, 15) is 9.90 Å². The fourth-order valence-corrected chi connectivity index (χ4v) is 2.24. The summed E-state index contributed by atoms with van der Waals surface area (Å²) in [4.78, 5) is 11.6. The predicted molar refractivity (Wildman–Crippen MR) is 67.5 cm³/mol. The van der Waals surface area contributed by atoms with Crippen molar-refractivity contribution in [2.45, 2.75) is 57.1 Å². The Morgan fingerprint density at radius 2 is 2.00 bits per heavy atom. The number of alkyl carbamates (subject to hydrolysis) is 1. The van der Waals surface area contributed by atoms with E-state index < -0.39 is 18.3 Å². The summed E-state index contributed by atoms with van der Waals surface area (Å²) in [5, 5.41) is 12.4. The average molecular weight is 271 g/mol. The molecule has 0 aromatic rings. The van der Waals surface area contributed by atoms with Gasteiger partial charge in [-0.25, -0.2) is 4.79 Å². The van der Waals surface area contributed by atoms with Gasteiger partial charge >= 0.3 is 6.09 Å². The first-order valence-corrected chi connectivity index (χ1v) is 6.61. The van der Waals surface area contributed by atoms with Crippen LogP contribution in [0.25, 0.3) is 0 Å². The summed E-state index contributed by atoms with van der Waals surface area (Å²) in [5.74, 6) is 0. The molecular formula is C13H21NO5. The number of aliphatic hydroxyl groups excluding tert-OH is 1. The van der Waals surface area contributed by atoms with E-state index in [4.69, 9.17) is 14.2 Å². The third-order valence-corrected chi connectivity index (χ3v) is 3.13. The third-order valence-electron chi connectivity index (χ3n) is 3.13. The molecule has 6 heteroatoms. The number of ether oxygens (including phenoxy) is 3. The number of rotatable bonds is 2. The molecule has 1 fully saturated rings. The number of amides is 1.